The predicted molar refractivity (Wildman–Crippen MR) is 96.7 cm³/mol. The van der Waals surface area contributed by atoms with E-state index >= 15 is 0 Å². The molecule has 0 saturated carbocycles. The molecule has 0 radical (unpaired) electrons. The Hall–Kier alpha value is -2.73. The number of nitrogens with zero attached hydrogens (tertiary/aromatic N) is 2. The predicted octanol–water partition coefficient (Wildman–Crippen LogP) is 2.40. The van der Waals surface area contributed by atoms with Crippen molar-refractivity contribution in [1.29, 1.82) is 0 Å². The molecule has 0 spiro atoms. The first-order chi connectivity index (χ1) is 12.7. The highest BCUT2D eigenvalue weighted by Gasteiger charge is 2.30. The molecule has 1 atom stereocenters. The summed E-state index contributed by atoms with van der Waals surface area (Å²) in [6.07, 6.45) is 3.88. The van der Waals surface area contributed by atoms with E-state index in [1.807, 2.05) is 23.1 Å². The Morgan fingerprint density at radius 1 is 1.19 bits per heavy atom. The van der Waals surface area contributed by atoms with Crippen LogP contribution in [0.5, 0.6) is 0 Å². The number of fused-ring (bicyclic) bond motifs is 1. The molecule has 1 aromatic heterocycles. The number of pyridine rings is 1. The van der Waals surface area contributed by atoms with Crippen LogP contribution in [-0.4, -0.2) is 41.0 Å². The van der Waals surface area contributed by atoms with E-state index in [1.54, 1.807) is 24.4 Å². The van der Waals surface area contributed by atoms with Gasteiger partial charge < -0.3 is 15.0 Å². The van der Waals surface area contributed by atoms with Gasteiger partial charge in [-0.3, -0.25) is 14.6 Å². The van der Waals surface area contributed by atoms with E-state index in [2.05, 4.69) is 10.3 Å². The molecule has 134 valence electrons. The number of benzene rings is 1. The quantitative estimate of drug-likeness (QED) is 0.922. The minimum Gasteiger partial charge on any atom is -0.368 e. The Kier molecular flexibility index (Phi) is 4.67. The third-order valence-electron chi connectivity index (χ3n) is 4.89. The number of aromatic nitrogens is 1. The molecule has 0 bridgehead atoms. The van der Waals surface area contributed by atoms with Crippen LogP contribution in [0.25, 0.3) is 0 Å². The first-order valence-corrected chi connectivity index (χ1v) is 8.95. The van der Waals surface area contributed by atoms with Crippen molar-refractivity contribution >= 4 is 17.5 Å². The van der Waals surface area contributed by atoms with Crippen LogP contribution in [-0.2, 0) is 22.5 Å². The molecule has 0 unspecified atom stereocenters. The number of hydrogen-bond acceptors (Lipinski definition) is 4. The van der Waals surface area contributed by atoms with E-state index in [1.165, 1.54) is 5.56 Å². The number of hydrogen-bond donors (Lipinski definition) is 1. The molecule has 2 aliphatic rings. The van der Waals surface area contributed by atoms with E-state index in [0.717, 1.165) is 24.8 Å². The molecule has 6 nitrogen and oxygen atoms in total. The van der Waals surface area contributed by atoms with Gasteiger partial charge in [0, 0.05) is 31.6 Å². The molecule has 2 amide bonds. The largest absolute Gasteiger partial charge is 0.368 e. The maximum atomic E-state index is 12.6. The van der Waals surface area contributed by atoms with Gasteiger partial charge >= 0.3 is 0 Å². The van der Waals surface area contributed by atoms with Gasteiger partial charge in [-0.2, -0.15) is 0 Å². The van der Waals surface area contributed by atoms with Crippen molar-refractivity contribution in [2.75, 3.05) is 18.5 Å². The van der Waals surface area contributed by atoms with Gasteiger partial charge in [0.1, 0.15) is 11.8 Å². The standard InChI is InChI=1S/C20H21N3O3/c24-19(17-4-1-2-9-21-17)22-16-7-6-14-8-10-23(13-15(14)12-16)20(25)18-5-3-11-26-18/h1-2,4,6-7,9,12,18H,3,5,8,10-11,13H2,(H,22,24)/t18-/m1/s1. The fourth-order valence-electron chi connectivity index (χ4n) is 3.49. The summed E-state index contributed by atoms with van der Waals surface area (Å²) in [7, 11) is 0. The molecule has 2 aliphatic heterocycles. The minimum atomic E-state index is -0.288. The van der Waals surface area contributed by atoms with Crippen molar-refractivity contribution in [2.45, 2.75) is 31.9 Å². The average Bonchev–Trinajstić information content (AvgIpc) is 3.22. The number of carbonyl (C=O) groups excluding carboxylic acids is 2. The topological polar surface area (TPSA) is 71.5 Å². The van der Waals surface area contributed by atoms with Crippen molar-refractivity contribution in [3.63, 3.8) is 0 Å². The molecule has 1 N–H and O–H groups in total. The van der Waals surface area contributed by atoms with E-state index in [-0.39, 0.29) is 17.9 Å². The lowest BCUT2D eigenvalue weighted by Gasteiger charge is -2.31. The third kappa shape index (κ3) is 3.46. The van der Waals surface area contributed by atoms with Crippen molar-refractivity contribution in [2.24, 2.45) is 0 Å². The van der Waals surface area contributed by atoms with Gasteiger partial charge in [0.2, 0.25) is 0 Å². The number of rotatable bonds is 3. The van der Waals surface area contributed by atoms with Crippen molar-refractivity contribution in [3.8, 4) is 0 Å². The summed E-state index contributed by atoms with van der Waals surface area (Å²) >= 11 is 0. The lowest BCUT2D eigenvalue weighted by Crippen LogP contribution is -2.41. The van der Waals surface area contributed by atoms with Gasteiger partial charge in [0.05, 0.1) is 0 Å². The van der Waals surface area contributed by atoms with Crippen molar-refractivity contribution in [3.05, 3.63) is 59.4 Å². The maximum Gasteiger partial charge on any atom is 0.274 e. The number of carbonyl (C=O) groups is 2. The van der Waals surface area contributed by atoms with Crippen LogP contribution in [0, 0.1) is 0 Å². The zero-order valence-electron chi connectivity index (χ0n) is 14.5. The van der Waals surface area contributed by atoms with Crippen LogP contribution in [0.3, 0.4) is 0 Å². The van der Waals surface area contributed by atoms with Crippen molar-refractivity contribution < 1.29 is 14.3 Å². The summed E-state index contributed by atoms with van der Waals surface area (Å²) in [5, 5.41) is 2.88. The third-order valence-corrected chi connectivity index (χ3v) is 4.89. The first kappa shape index (κ1) is 16.7. The second kappa shape index (κ2) is 7.25. The van der Waals surface area contributed by atoms with Crippen LogP contribution in [0.4, 0.5) is 5.69 Å². The Morgan fingerprint density at radius 2 is 2.12 bits per heavy atom. The smallest absolute Gasteiger partial charge is 0.274 e. The SMILES string of the molecule is O=C(Nc1ccc2c(c1)CN(C(=O)[C@H]1CCCO1)CC2)c1ccccn1. The summed E-state index contributed by atoms with van der Waals surface area (Å²) < 4.78 is 5.53. The molecule has 1 fully saturated rings. The Labute approximate surface area is 152 Å². The number of anilines is 1. The molecule has 1 aromatic carbocycles. The van der Waals surface area contributed by atoms with Gasteiger partial charge in [-0.25, -0.2) is 0 Å². The summed E-state index contributed by atoms with van der Waals surface area (Å²) in [5.74, 6) is -0.162. The van der Waals surface area contributed by atoms with E-state index in [9.17, 15) is 9.59 Å². The molecule has 6 heteroatoms. The molecule has 26 heavy (non-hydrogen) atoms. The molecule has 2 aromatic rings. The Bertz CT molecular complexity index is 816. The van der Waals surface area contributed by atoms with E-state index in [4.69, 9.17) is 4.74 Å². The van der Waals surface area contributed by atoms with Crippen molar-refractivity contribution in [1.82, 2.24) is 9.88 Å². The first-order valence-electron chi connectivity index (χ1n) is 8.95. The second-order valence-electron chi connectivity index (χ2n) is 6.66. The zero-order chi connectivity index (χ0) is 17.9. The van der Waals surface area contributed by atoms with Crippen LogP contribution in [0.15, 0.2) is 42.6 Å². The molecule has 0 aliphatic carbocycles. The van der Waals surface area contributed by atoms with E-state index in [0.29, 0.717) is 31.1 Å². The summed E-state index contributed by atoms with van der Waals surface area (Å²) in [4.78, 5) is 30.8. The maximum absolute atomic E-state index is 12.6. The highest BCUT2D eigenvalue weighted by Crippen LogP contribution is 2.25. The van der Waals surface area contributed by atoms with Crippen LogP contribution >= 0.6 is 0 Å². The summed E-state index contributed by atoms with van der Waals surface area (Å²) in [5.41, 5.74) is 3.38. The Morgan fingerprint density at radius 3 is 2.88 bits per heavy atom. The normalized spacial score (nSPS) is 19.1. The molecule has 3 heterocycles. The molecular formula is C20H21N3O3. The fourth-order valence-corrected chi connectivity index (χ4v) is 3.49. The van der Waals surface area contributed by atoms with Gasteiger partial charge in [-0.1, -0.05) is 12.1 Å². The molecule has 1 saturated heterocycles. The highest BCUT2D eigenvalue weighted by atomic mass is 16.5. The van der Waals surface area contributed by atoms with Crippen LogP contribution < -0.4 is 5.32 Å². The summed E-state index contributed by atoms with van der Waals surface area (Å²) in [6, 6.07) is 11.1. The van der Waals surface area contributed by atoms with Gasteiger partial charge in [0.25, 0.3) is 11.8 Å². The van der Waals surface area contributed by atoms with Crippen LogP contribution in [0.2, 0.25) is 0 Å². The average molecular weight is 351 g/mol. The fraction of sp³-hybridized carbons (Fsp3) is 0.350. The number of amides is 2. The summed E-state index contributed by atoms with van der Waals surface area (Å²) in [6.45, 7) is 1.94. The minimum absolute atomic E-state index is 0.0797. The van der Waals surface area contributed by atoms with Crippen LogP contribution in [0.1, 0.15) is 34.5 Å². The monoisotopic (exact) mass is 351 g/mol. The molecule has 4 rings (SSSR count). The lowest BCUT2D eigenvalue weighted by atomic mass is 9.98. The van der Waals surface area contributed by atoms with Gasteiger partial charge in [-0.15, -0.1) is 0 Å². The van der Waals surface area contributed by atoms with E-state index < -0.39 is 0 Å². The highest BCUT2D eigenvalue weighted by molar-refractivity contribution is 6.02. The Balaban J connectivity index is 1.47. The second-order valence-corrected chi connectivity index (χ2v) is 6.66. The molecular weight excluding hydrogens is 330 g/mol. The number of ether oxygens (including phenoxy) is 1. The number of nitrogens with one attached hydrogen (secondary N) is 1. The van der Waals surface area contributed by atoms with Gasteiger partial charge in [-0.05, 0) is 54.7 Å². The lowest BCUT2D eigenvalue weighted by molar-refractivity contribution is -0.141. The van der Waals surface area contributed by atoms with Gasteiger partial charge in [0.15, 0.2) is 0 Å². The zero-order valence-corrected chi connectivity index (χ0v) is 14.5.